The first kappa shape index (κ1) is 17.4. The molecule has 1 heterocycles. The average Bonchev–Trinajstić information content (AvgIpc) is 2.61. The molecule has 1 unspecified atom stereocenters. The zero-order chi connectivity index (χ0) is 15.8. The van der Waals surface area contributed by atoms with Gasteiger partial charge in [-0.1, -0.05) is 15.9 Å². The number of carboxylic acids is 1. The summed E-state index contributed by atoms with van der Waals surface area (Å²) in [6.07, 6.45) is -1.30. The van der Waals surface area contributed by atoms with Crippen LogP contribution in [-0.4, -0.2) is 62.4 Å². The quantitative estimate of drug-likeness (QED) is 0.599. The maximum absolute atomic E-state index is 12.0. The van der Waals surface area contributed by atoms with Gasteiger partial charge >= 0.3 is 12.1 Å². The van der Waals surface area contributed by atoms with E-state index >= 15 is 0 Å². The first-order chi connectivity index (χ1) is 9.03. The van der Waals surface area contributed by atoms with E-state index in [0.717, 1.165) is 0 Å². The minimum Gasteiger partial charge on any atom is -0.477 e. The molecular weight excluding hydrogens is 330 g/mol. The Morgan fingerprint density at radius 1 is 1.40 bits per heavy atom. The Morgan fingerprint density at radius 2 is 1.95 bits per heavy atom. The fourth-order valence-electron chi connectivity index (χ4n) is 3.33. The molecular formula is C13H23BrNO5+. The van der Waals surface area contributed by atoms with Crippen molar-refractivity contribution < 1.29 is 29.0 Å². The van der Waals surface area contributed by atoms with Crippen molar-refractivity contribution in [1.29, 1.82) is 0 Å². The maximum atomic E-state index is 12.0. The van der Waals surface area contributed by atoms with Crippen LogP contribution in [0.15, 0.2) is 0 Å². The molecule has 6 nitrogen and oxygen atoms in total. The number of carbonyl (C=O) groups is 2. The third-order valence-corrected chi connectivity index (χ3v) is 4.63. The smallest absolute Gasteiger partial charge is 0.477 e. The van der Waals surface area contributed by atoms with E-state index in [1.807, 2.05) is 0 Å². The SMILES string of the molecule is CC(C)(C)[N+]1(C(=O)O)C[C@@H](OCCBr)C[C@@]1(C)C(=O)O. The molecule has 2 N–H and O–H groups in total. The van der Waals surface area contributed by atoms with Gasteiger partial charge in [0, 0.05) is 18.7 Å². The fraction of sp³-hybridized carbons (Fsp3) is 0.846. The lowest BCUT2D eigenvalue weighted by molar-refractivity contribution is -0.929. The molecule has 7 heteroatoms. The highest BCUT2D eigenvalue weighted by atomic mass is 79.9. The molecule has 1 rings (SSSR count). The van der Waals surface area contributed by atoms with Gasteiger partial charge in [0.25, 0.3) is 0 Å². The van der Waals surface area contributed by atoms with Crippen LogP contribution in [0.2, 0.25) is 0 Å². The van der Waals surface area contributed by atoms with Gasteiger partial charge in [0.15, 0.2) is 0 Å². The van der Waals surface area contributed by atoms with E-state index in [2.05, 4.69) is 15.9 Å². The van der Waals surface area contributed by atoms with Crippen molar-refractivity contribution >= 4 is 28.0 Å². The van der Waals surface area contributed by atoms with Gasteiger partial charge in [0.1, 0.15) is 18.2 Å². The van der Waals surface area contributed by atoms with Crippen molar-refractivity contribution in [2.24, 2.45) is 0 Å². The lowest BCUT2D eigenvalue weighted by Crippen LogP contribution is -2.73. The van der Waals surface area contributed by atoms with E-state index in [1.54, 1.807) is 20.8 Å². The Balaban J connectivity index is 3.30. The van der Waals surface area contributed by atoms with Crippen LogP contribution in [0.1, 0.15) is 34.1 Å². The number of halogens is 1. The van der Waals surface area contributed by atoms with Crippen LogP contribution in [0.3, 0.4) is 0 Å². The van der Waals surface area contributed by atoms with Crippen molar-refractivity contribution in [2.75, 3.05) is 18.5 Å². The summed E-state index contributed by atoms with van der Waals surface area (Å²) >= 11 is 3.25. The van der Waals surface area contributed by atoms with E-state index in [4.69, 9.17) is 4.74 Å². The zero-order valence-corrected chi connectivity index (χ0v) is 13.9. The fourth-order valence-corrected chi connectivity index (χ4v) is 3.52. The molecule has 3 atom stereocenters. The van der Waals surface area contributed by atoms with Gasteiger partial charge in [-0.05, 0) is 20.8 Å². The molecule has 0 aromatic heterocycles. The van der Waals surface area contributed by atoms with Crippen molar-refractivity contribution in [3.8, 4) is 0 Å². The Morgan fingerprint density at radius 3 is 2.25 bits per heavy atom. The van der Waals surface area contributed by atoms with Gasteiger partial charge in [0.05, 0.1) is 6.61 Å². The van der Waals surface area contributed by atoms with Crippen molar-refractivity contribution in [3.05, 3.63) is 0 Å². The van der Waals surface area contributed by atoms with E-state index in [9.17, 15) is 19.8 Å². The number of hydrogen-bond acceptors (Lipinski definition) is 3. The summed E-state index contributed by atoms with van der Waals surface area (Å²) in [5, 5.41) is 20.0. The second kappa shape index (κ2) is 5.61. The highest BCUT2D eigenvalue weighted by Gasteiger charge is 2.70. The molecule has 116 valence electrons. The first-order valence-electron chi connectivity index (χ1n) is 6.55. The Labute approximate surface area is 127 Å². The third kappa shape index (κ3) is 2.46. The second-order valence-electron chi connectivity index (χ2n) is 6.41. The normalized spacial score (nSPS) is 34.1. The van der Waals surface area contributed by atoms with Gasteiger partial charge < -0.3 is 14.9 Å². The minimum atomic E-state index is -1.40. The van der Waals surface area contributed by atoms with Crippen molar-refractivity contribution in [1.82, 2.24) is 0 Å². The van der Waals surface area contributed by atoms with E-state index < -0.39 is 27.6 Å². The molecule has 0 aromatic carbocycles. The van der Waals surface area contributed by atoms with Gasteiger partial charge in [-0.25, -0.2) is 9.28 Å². The van der Waals surface area contributed by atoms with Crippen LogP contribution in [0.5, 0.6) is 0 Å². The molecule has 0 aliphatic carbocycles. The number of ether oxygens (including phenoxy) is 1. The highest BCUT2D eigenvalue weighted by Crippen LogP contribution is 2.45. The molecule has 0 bridgehead atoms. The summed E-state index contributed by atoms with van der Waals surface area (Å²) in [4.78, 5) is 23.7. The summed E-state index contributed by atoms with van der Waals surface area (Å²) in [5.74, 6) is -1.10. The lowest BCUT2D eigenvalue weighted by Gasteiger charge is -2.48. The molecule has 0 radical (unpaired) electrons. The Bertz CT molecular complexity index is 408. The average molecular weight is 353 g/mol. The van der Waals surface area contributed by atoms with Gasteiger partial charge in [-0.2, -0.15) is 4.79 Å². The molecule has 1 aliphatic heterocycles. The molecule has 1 amide bonds. The number of nitrogens with zero attached hydrogens (tertiary/aromatic N) is 1. The highest BCUT2D eigenvalue weighted by molar-refractivity contribution is 9.09. The molecule has 1 aliphatic rings. The third-order valence-electron chi connectivity index (χ3n) is 4.31. The molecule has 20 heavy (non-hydrogen) atoms. The predicted molar refractivity (Wildman–Crippen MR) is 77.1 cm³/mol. The molecule has 0 aromatic rings. The number of amides is 1. The largest absolute Gasteiger partial charge is 0.514 e. The van der Waals surface area contributed by atoms with Crippen LogP contribution < -0.4 is 0 Å². The minimum absolute atomic E-state index is 0.161. The number of aliphatic carboxylic acids is 1. The summed E-state index contributed by atoms with van der Waals surface area (Å²) in [6.45, 7) is 7.38. The summed E-state index contributed by atoms with van der Waals surface area (Å²) in [6, 6.07) is 0. The lowest BCUT2D eigenvalue weighted by atomic mass is 9.90. The van der Waals surface area contributed by atoms with Gasteiger partial charge in [-0.3, -0.25) is 0 Å². The van der Waals surface area contributed by atoms with Crippen molar-refractivity contribution in [3.63, 3.8) is 0 Å². The number of quaternary nitrogens is 1. The number of alkyl halides is 1. The number of carboxylic acid groups (broad SMARTS) is 2. The Kier molecular flexibility index (Phi) is 4.88. The first-order valence-corrected chi connectivity index (χ1v) is 7.68. The topological polar surface area (TPSA) is 83.8 Å². The van der Waals surface area contributed by atoms with Crippen molar-refractivity contribution in [2.45, 2.75) is 51.3 Å². The number of hydrogen-bond donors (Lipinski definition) is 2. The number of rotatable bonds is 4. The van der Waals surface area contributed by atoms with Crippen LogP contribution in [0.4, 0.5) is 4.79 Å². The second-order valence-corrected chi connectivity index (χ2v) is 7.20. The van der Waals surface area contributed by atoms with Crippen LogP contribution in [0, 0.1) is 0 Å². The maximum Gasteiger partial charge on any atom is 0.514 e. The Hall–Kier alpha value is -0.660. The van der Waals surface area contributed by atoms with Crippen LogP contribution >= 0.6 is 15.9 Å². The van der Waals surface area contributed by atoms with Crippen LogP contribution in [0.25, 0.3) is 0 Å². The van der Waals surface area contributed by atoms with Crippen LogP contribution in [-0.2, 0) is 9.53 Å². The summed E-state index contributed by atoms with van der Waals surface area (Å²) in [5.41, 5.74) is -2.15. The summed E-state index contributed by atoms with van der Waals surface area (Å²) < 4.78 is 5.08. The predicted octanol–water partition coefficient (Wildman–Crippen LogP) is 2.31. The molecule has 1 fully saturated rings. The monoisotopic (exact) mass is 352 g/mol. The summed E-state index contributed by atoms with van der Waals surface area (Å²) in [7, 11) is 0. The van der Waals surface area contributed by atoms with Gasteiger partial charge in [-0.15, -0.1) is 0 Å². The zero-order valence-electron chi connectivity index (χ0n) is 12.4. The standard InChI is InChI=1S/C13H22BrNO5/c1-12(2,3)15(11(18)19)8-9(20-6-5-14)7-13(15,4)10(16)17/h9H,5-8H2,1-4H3,(H-,16,17,18,19)/p+1/t9-,13-,15?/m0/s1. The molecule has 0 saturated carbocycles. The van der Waals surface area contributed by atoms with E-state index in [-0.39, 0.29) is 19.1 Å². The molecule has 0 spiro atoms. The van der Waals surface area contributed by atoms with E-state index in [1.165, 1.54) is 6.92 Å². The molecule has 1 saturated heterocycles. The van der Waals surface area contributed by atoms with Gasteiger partial charge in [0.2, 0.25) is 5.54 Å². The number of likely N-dealkylation sites (tertiary alicyclic amines) is 1. The van der Waals surface area contributed by atoms with E-state index in [0.29, 0.717) is 11.9 Å².